The lowest BCUT2D eigenvalue weighted by atomic mass is 10.3. The molecule has 96 valence electrons. The molecular formula is C9H12F2N2O3S. The van der Waals surface area contributed by atoms with Crippen molar-refractivity contribution in [3.05, 3.63) is 23.8 Å². The van der Waals surface area contributed by atoms with E-state index in [0.717, 1.165) is 6.07 Å². The number of ether oxygens (including phenoxy) is 1. The van der Waals surface area contributed by atoms with Crippen LogP contribution in [-0.4, -0.2) is 28.7 Å². The predicted octanol–water partition coefficient (Wildman–Crippen LogP) is 0.472. The fraction of sp³-hybridized carbons (Fsp3) is 0.333. The molecule has 0 heterocycles. The Kier molecular flexibility index (Phi) is 4.38. The Labute approximate surface area is 97.6 Å². The first kappa shape index (κ1) is 13.8. The molecule has 0 aliphatic carbocycles. The Balaban J connectivity index is 3.06. The molecule has 0 saturated carbocycles. The van der Waals surface area contributed by atoms with Crippen LogP contribution in [-0.2, 0) is 14.8 Å². The highest BCUT2D eigenvalue weighted by atomic mass is 32.2. The second kappa shape index (κ2) is 5.39. The van der Waals surface area contributed by atoms with Crippen LogP contribution in [0.25, 0.3) is 0 Å². The maximum absolute atomic E-state index is 13.3. The van der Waals surface area contributed by atoms with Crippen molar-refractivity contribution in [1.82, 2.24) is 4.72 Å². The Morgan fingerprint density at radius 3 is 2.65 bits per heavy atom. The van der Waals surface area contributed by atoms with Crippen molar-refractivity contribution in [2.24, 2.45) is 0 Å². The maximum Gasteiger partial charge on any atom is 0.243 e. The van der Waals surface area contributed by atoms with Gasteiger partial charge in [0.1, 0.15) is 4.90 Å². The summed E-state index contributed by atoms with van der Waals surface area (Å²) < 4.78 is 56.2. The monoisotopic (exact) mass is 266 g/mol. The van der Waals surface area contributed by atoms with Crippen LogP contribution in [0, 0.1) is 11.6 Å². The van der Waals surface area contributed by atoms with Gasteiger partial charge in [-0.3, -0.25) is 0 Å². The molecule has 0 spiro atoms. The van der Waals surface area contributed by atoms with E-state index >= 15 is 0 Å². The van der Waals surface area contributed by atoms with Crippen molar-refractivity contribution < 1.29 is 21.9 Å². The van der Waals surface area contributed by atoms with Crippen molar-refractivity contribution in [2.75, 3.05) is 26.0 Å². The van der Waals surface area contributed by atoms with Crippen LogP contribution in [0.5, 0.6) is 0 Å². The summed E-state index contributed by atoms with van der Waals surface area (Å²) in [6, 6.07) is 1.57. The second-order valence-corrected chi connectivity index (χ2v) is 4.94. The minimum Gasteiger partial charge on any atom is -0.399 e. The van der Waals surface area contributed by atoms with Crippen LogP contribution in [0.15, 0.2) is 17.0 Å². The maximum atomic E-state index is 13.3. The van der Waals surface area contributed by atoms with Crippen LogP contribution in [0.3, 0.4) is 0 Å². The number of nitrogen functional groups attached to an aromatic ring is 1. The lowest BCUT2D eigenvalue weighted by Crippen LogP contribution is -2.28. The minimum atomic E-state index is -4.13. The van der Waals surface area contributed by atoms with Gasteiger partial charge in [-0.1, -0.05) is 0 Å². The lowest BCUT2D eigenvalue weighted by Gasteiger charge is -2.08. The van der Waals surface area contributed by atoms with Gasteiger partial charge >= 0.3 is 0 Å². The van der Waals surface area contributed by atoms with E-state index in [1.807, 2.05) is 0 Å². The van der Waals surface area contributed by atoms with E-state index in [-0.39, 0.29) is 18.8 Å². The summed E-state index contributed by atoms with van der Waals surface area (Å²) in [5.41, 5.74) is 5.09. The first-order chi connectivity index (χ1) is 7.88. The molecule has 5 nitrogen and oxygen atoms in total. The Bertz CT molecular complexity index is 505. The Morgan fingerprint density at radius 1 is 1.41 bits per heavy atom. The molecule has 3 N–H and O–H groups in total. The lowest BCUT2D eigenvalue weighted by molar-refractivity contribution is 0.204. The van der Waals surface area contributed by atoms with Gasteiger partial charge in [0.2, 0.25) is 10.0 Å². The van der Waals surface area contributed by atoms with E-state index in [0.29, 0.717) is 6.07 Å². The molecule has 0 fully saturated rings. The van der Waals surface area contributed by atoms with Gasteiger partial charge in [0, 0.05) is 19.3 Å². The normalized spacial score (nSPS) is 11.7. The van der Waals surface area contributed by atoms with E-state index in [4.69, 9.17) is 5.73 Å². The average Bonchev–Trinajstić information content (AvgIpc) is 2.23. The van der Waals surface area contributed by atoms with Crippen molar-refractivity contribution in [3.63, 3.8) is 0 Å². The smallest absolute Gasteiger partial charge is 0.243 e. The molecule has 0 saturated heterocycles. The number of nitrogens with two attached hydrogens (primary N) is 1. The molecular weight excluding hydrogens is 254 g/mol. The van der Waals surface area contributed by atoms with Crippen LogP contribution in [0.4, 0.5) is 14.5 Å². The Hall–Kier alpha value is -1.25. The molecule has 1 aromatic rings. The number of halogens is 2. The van der Waals surface area contributed by atoms with Gasteiger partial charge in [0.25, 0.3) is 0 Å². The molecule has 0 atom stereocenters. The van der Waals surface area contributed by atoms with E-state index in [2.05, 4.69) is 9.46 Å². The third-order valence-electron chi connectivity index (χ3n) is 1.90. The summed E-state index contributed by atoms with van der Waals surface area (Å²) in [4.78, 5) is -0.814. The van der Waals surface area contributed by atoms with E-state index in [1.54, 1.807) is 0 Å². The number of benzene rings is 1. The first-order valence-corrected chi connectivity index (χ1v) is 6.10. The molecule has 17 heavy (non-hydrogen) atoms. The summed E-state index contributed by atoms with van der Waals surface area (Å²) in [5.74, 6) is -2.76. The SMILES string of the molecule is COCCNS(=O)(=O)c1cc(N)cc(F)c1F. The molecule has 0 aromatic heterocycles. The van der Waals surface area contributed by atoms with Gasteiger partial charge in [-0.05, 0) is 12.1 Å². The summed E-state index contributed by atoms with van der Waals surface area (Å²) in [6.07, 6.45) is 0. The van der Waals surface area contributed by atoms with Crippen molar-refractivity contribution in [2.45, 2.75) is 4.90 Å². The number of rotatable bonds is 5. The van der Waals surface area contributed by atoms with Gasteiger partial charge < -0.3 is 10.5 Å². The molecule has 0 bridgehead atoms. The van der Waals surface area contributed by atoms with Gasteiger partial charge in [-0.2, -0.15) is 0 Å². The second-order valence-electron chi connectivity index (χ2n) is 3.21. The number of hydrogen-bond acceptors (Lipinski definition) is 4. The van der Waals surface area contributed by atoms with E-state index in [1.165, 1.54) is 7.11 Å². The minimum absolute atomic E-state index is 0.0469. The highest BCUT2D eigenvalue weighted by Crippen LogP contribution is 2.20. The zero-order chi connectivity index (χ0) is 13.1. The van der Waals surface area contributed by atoms with E-state index < -0.39 is 26.6 Å². The molecule has 0 aliphatic rings. The van der Waals surface area contributed by atoms with Gasteiger partial charge in [-0.25, -0.2) is 21.9 Å². The number of nitrogens with one attached hydrogen (secondary N) is 1. The molecule has 0 unspecified atom stereocenters. The van der Waals surface area contributed by atoms with E-state index in [9.17, 15) is 17.2 Å². The van der Waals surface area contributed by atoms with Gasteiger partial charge in [0.15, 0.2) is 11.6 Å². The molecule has 8 heteroatoms. The Morgan fingerprint density at radius 2 is 2.06 bits per heavy atom. The average molecular weight is 266 g/mol. The summed E-state index contributed by atoms with van der Waals surface area (Å²) in [5, 5.41) is 0. The van der Waals surface area contributed by atoms with Crippen molar-refractivity contribution in [1.29, 1.82) is 0 Å². The van der Waals surface area contributed by atoms with Crippen molar-refractivity contribution >= 4 is 15.7 Å². The summed E-state index contributed by atoms with van der Waals surface area (Å²) in [7, 11) is -2.75. The molecule has 1 aromatic carbocycles. The molecule has 1 rings (SSSR count). The summed E-state index contributed by atoms with van der Waals surface area (Å²) in [6.45, 7) is 0.0698. The number of hydrogen-bond donors (Lipinski definition) is 2. The summed E-state index contributed by atoms with van der Waals surface area (Å²) >= 11 is 0. The largest absolute Gasteiger partial charge is 0.399 e. The highest BCUT2D eigenvalue weighted by molar-refractivity contribution is 7.89. The number of anilines is 1. The number of methoxy groups -OCH3 is 1. The third-order valence-corrected chi connectivity index (χ3v) is 3.37. The fourth-order valence-electron chi connectivity index (χ4n) is 1.14. The predicted molar refractivity (Wildman–Crippen MR) is 57.8 cm³/mol. The van der Waals surface area contributed by atoms with Crippen LogP contribution in [0.1, 0.15) is 0 Å². The van der Waals surface area contributed by atoms with Crippen LogP contribution < -0.4 is 10.5 Å². The standard InChI is InChI=1S/C9H12F2N2O3S/c1-16-3-2-13-17(14,15)8-5-6(12)4-7(10)9(8)11/h4-5,13H,2-3,12H2,1H3. The molecule has 0 amide bonds. The zero-order valence-electron chi connectivity index (χ0n) is 9.04. The van der Waals surface area contributed by atoms with Gasteiger partial charge in [-0.15, -0.1) is 0 Å². The molecule has 0 radical (unpaired) electrons. The quantitative estimate of drug-likeness (QED) is 0.599. The van der Waals surface area contributed by atoms with Crippen LogP contribution in [0.2, 0.25) is 0 Å². The van der Waals surface area contributed by atoms with Gasteiger partial charge in [0.05, 0.1) is 6.61 Å². The zero-order valence-corrected chi connectivity index (χ0v) is 9.85. The van der Waals surface area contributed by atoms with Crippen LogP contribution >= 0.6 is 0 Å². The molecule has 0 aliphatic heterocycles. The topological polar surface area (TPSA) is 81.4 Å². The number of sulfonamides is 1. The van der Waals surface area contributed by atoms with Crippen molar-refractivity contribution in [3.8, 4) is 0 Å². The highest BCUT2D eigenvalue weighted by Gasteiger charge is 2.22. The third kappa shape index (κ3) is 3.35. The fourth-order valence-corrected chi connectivity index (χ4v) is 2.27. The first-order valence-electron chi connectivity index (χ1n) is 4.61.